The molecule has 1 aromatic heterocycles. The van der Waals surface area contributed by atoms with Gasteiger partial charge >= 0.3 is 0 Å². The third-order valence-electron chi connectivity index (χ3n) is 4.18. The van der Waals surface area contributed by atoms with E-state index < -0.39 is 0 Å². The third-order valence-corrected chi connectivity index (χ3v) is 4.18. The van der Waals surface area contributed by atoms with Crippen LogP contribution in [0, 0.1) is 12.8 Å². The van der Waals surface area contributed by atoms with Crippen LogP contribution in [-0.2, 0) is 0 Å². The van der Waals surface area contributed by atoms with E-state index in [-0.39, 0.29) is 0 Å². The Morgan fingerprint density at radius 2 is 1.79 bits per heavy atom. The van der Waals surface area contributed by atoms with E-state index in [1.807, 2.05) is 6.92 Å². The monoisotopic (exact) mass is 261 g/mol. The fourth-order valence-corrected chi connectivity index (χ4v) is 2.91. The quantitative estimate of drug-likeness (QED) is 0.878. The molecule has 0 aliphatic heterocycles. The van der Waals surface area contributed by atoms with Crippen LogP contribution in [0.5, 0.6) is 0 Å². The van der Waals surface area contributed by atoms with Crippen molar-refractivity contribution < 1.29 is 0 Å². The molecule has 1 saturated carbocycles. The largest absolute Gasteiger partial charge is 0.351 e. The van der Waals surface area contributed by atoms with Crippen LogP contribution in [0.2, 0.25) is 0 Å². The average Bonchev–Trinajstić information content (AvgIpc) is 2.39. The number of rotatable bonds is 4. The minimum Gasteiger partial charge on any atom is -0.351 e. The zero-order chi connectivity index (χ0) is 13.8. The van der Waals surface area contributed by atoms with Crippen molar-refractivity contribution in [2.45, 2.75) is 71.8 Å². The van der Waals surface area contributed by atoms with Gasteiger partial charge < -0.3 is 5.32 Å². The summed E-state index contributed by atoms with van der Waals surface area (Å²) in [5, 5.41) is 3.53. The molecule has 1 heterocycles. The Balaban J connectivity index is 2.05. The summed E-state index contributed by atoms with van der Waals surface area (Å²) < 4.78 is 0. The Labute approximate surface area is 117 Å². The molecule has 0 amide bonds. The molecule has 0 saturated heterocycles. The smallest absolute Gasteiger partial charge is 0.223 e. The highest BCUT2D eigenvalue weighted by Gasteiger charge is 2.20. The van der Waals surface area contributed by atoms with Crippen molar-refractivity contribution in [1.29, 1.82) is 0 Å². The van der Waals surface area contributed by atoms with Crippen LogP contribution < -0.4 is 5.32 Å². The number of hydrogen-bond donors (Lipinski definition) is 1. The molecule has 1 aromatic rings. The second-order valence-corrected chi connectivity index (χ2v) is 6.24. The minimum atomic E-state index is 0.451. The predicted octanol–water partition coefficient (Wildman–Crippen LogP) is 4.29. The summed E-state index contributed by atoms with van der Waals surface area (Å²) in [5.41, 5.74) is 2.18. The Morgan fingerprint density at radius 1 is 1.11 bits per heavy atom. The van der Waals surface area contributed by atoms with Gasteiger partial charge in [-0.2, -0.15) is 0 Å². The molecule has 1 unspecified atom stereocenters. The Bertz CT molecular complexity index is 408. The van der Waals surface area contributed by atoms with Crippen molar-refractivity contribution in [3.05, 3.63) is 17.5 Å². The average molecular weight is 261 g/mol. The Morgan fingerprint density at radius 3 is 2.42 bits per heavy atom. The summed E-state index contributed by atoms with van der Waals surface area (Å²) in [6.07, 6.45) is 6.85. The van der Waals surface area contributed by atoms with E-state index >= 15 is 0 Å². The molecule has 1 fully saturated rings. The van der Waals surface area contributed by atoms with Crippen LogP contribution in [0.4, 0.5) is 5.95 Å². The van der Waals surface area contributed by atoms with Crippen molar-refractivity contribution in [3.8, 4) is 0 Å². The van der Waals surface area contributed by atoms with E-state index in [1.165, 1.54) is 32.1 Å². The fraction of sp³-hybridized carbons (Fsp3) is 0.750. The number of nitrogens with one attached hydrogen (secondary N) is 1. The van der Waals surface area contributed by atoms with Gasteiger partial charge in [-0.3, -0.25) is 0 Å². The van der Waals surface area contributed by atoms with Crippen LogP contribution in [0.25, 0.3) is 0 Å². The molecule has 0 radical (unpaired) electrons. The lowest BCUT2D eigenvalue weighted by Gasteiger charge is -2.28. The van der Waals surface area contributed by atoms with Gasteiger partial charge in [0.2, 0.25) is 5.95 Å². The van der Waals surface area contributed by atoms with Gasteiger partial charge in [-0.15, -0.1) is 0 Å². The van der Waals surface area contributed by atoms with Crippen molar-refractivity contribution in [1.82, 2.24) is 9.97 Å². The number of anilines is 1. The third kappa shape index (κ3) is 3.92. The van der Waals surface area contributed by atoms with Gasteiger partial charge in [0, 0.05) is 17.4 Å². The van der Waals surface area contributed by atoms with Crippen LogP contribution in [-0.4, -0.2) is 16.0 Å². The summed E-state index contributed by atoms with van der Waals surface area (Å²) in [6.45, 7) is 8.67. The number of nitrogens with zero attached hydrogens (tertiary/aromatic N) is 2. The van der Waals surface area contributed by atoms with E-state index in [0.29, 0.717) is 12.0 Å². The summed E-state index contributed by atoms with van der Waals surface area (Å²) in [4.78, 5) is 9.17. The first-order chi connectivity index (χ1) is 9.06. The SMILES string of the molecule is Cc1cc(C(C)C)nc(NC(C)C2CCCCC2)n1. The highest BCUT2D eigenvalue weighted by Crippen LogP contribution is 2.27. The summed E-state index contributed by atoms with van der Waals surface area (Å²) >= 11 is 0. The number of aryl methyl sites for hydroxylation is 1. The first kappa shape index (κ1) is 14.3. The standard InChI is InChI=1S/C16H27N3/c1-11(2)15-10-12(3)17-16(19-15)18-13(4)14-8-6-5-7-9-14/h10-11,13-14H,5-9H2,1-4H3,(H,17,18,19). The Hall–Kier alpha value is -1.12. The summed E-state index contributed by atoms with van der Waals surface area (Å²) in [7, 11) is 0. The van der Waals surface area contributed by atoms with E-state index in [0.717, 1.165) is 23.3 Å². The van der Waals surface area contributed by atoms with Crippen LogP contribution >= 0.6 is 0 Å². The highest BCUT2D eigenvalue weighted by atomic mass is 15.1. The zero-order valence-corrected chi connectivity index (χ0v) is 12.7. The fourth-order valence-electron chi connectivity index (χ4n) is 2.91. The molecule has 3 nitrogen and oxygen atoms in total. The molecule has 106 valence electrons. The van der Waals surface area contributed by atoms with Crippen molar-refractivity contribution in [2.75, 3.05) is 5.32 Å². The maximum Gasteiger partial charge on any atom is 0.223 e. The number of hydrogen-bond acceptors (Lipinski definition) is 3. The highest BCUT2D eigenvalue weighted by molar-refractivity contribution is 5.30. The first-order valence-corrected chi connectivity index (χ1v) is 7.68. The molecule has 1 aliphatic rings. The van der Waals surface area contributed by atoms with Crippen LogP contribution in [0.15, 0.2) is 6.07 Å². The van der Waals surface area contributed by atoms with Gasteiger partial charge in [-0.25, -0.2) is 9.97 Å². The molecule has 1 N–H and O–H groups in total. The minimum absolute atomic E-state index is 0.451. The van der Waals surface area contributed by atoms with Crippen molar-refractivity contribution in [2.24, 2.45) is 5.92 Å². The van der Waals surface area contributed by atoms with Gasteiger partial charge in [0.05, 0.1) is 0 Å². The molecule has 3 heteroatoms. The molecular weight excluding hydrogens is 234 g/mol. The van der Waals surface area contributed by atoms with Gasteiger partial charge in [-0.1, -0.05) is 33.1 Å². The maximum atomic E-state index is 4.65. The second kappa shape index (κ2) is 6.36. The lowest BCUT2D eigenvalue weighted by Crippen LogP contribution is -2.28. The molecule has 0 spiro atoms. The first-order valence-electron chi connectivity index (χ1n) is 7.68. The van der Waals surface area contributed by atoms with Gasteiger partial charge in [0.25, 0.3) is 0 Å². The van der Waals surface area contributed by atoms with Crippen LogP contribution in [0.1, 0.15) is 70.2 Å². The van der Waals surface area contributed by atoms with E-state index in [2.05, 4.69) is 42.1 Å². The van der Waals surface area contributed by atoms with E-state index in [4.69, 9.17) is 0 Å². The molecule has 19 heavy (non-hydrogen) atoms. The molecule has 0 bridgehead atoms. The normalized spacial score (nSPS) is 18.6. The van der Waals surface area contributed by atoms with Gasteiger partial charge in [0.15, 0.2) is 0 Å². The lowest BCUT2D eigenvalue weighted by molar-refractivity contribution is 0.327. The van der Waals surface area contributed by atoms with Crippen molar-refractivity contribution >= 4 is 5.95 Å². The molecule has 0 aromatic carbocycles. The maximum absolute atomic E-state index is 4.65. The summed E-state index contributed by atoms with van der Waals surface area (Å²) in [6, 6.07) is 2.56. The second-order valence-electron chi connectivity index (χ2n) is 6.24. The zero-order valence-electron chi connectivity index (χ0n) is 12.7. The van der Waals surface area contributed by atoms with E-state index in [1.54, 1.807) is 0 Å². The topological polar surface area (TPSA) is 37.8 Å². The number of aromatic nitrogens is 2. The lowest BCUT2D eigenvalue weighted by atomic mass is 9.85. The molecule has 1 aliphatic carbocycles. The Kier molecular flexibility index (Phi) is 4.78. The van der Waals surface area contributed by atoms with E-state index in [9.17, 15) is 0 Å². The van der Waals surface area contributed by atoms with Gasteiger partial charge in [0.1, 0.15) is 0 Å². The molecule has 1 atom stereocenters. The van der Waals surface area contributed by atoms with Gasteiger partial charge in [-0.05, 0) is 44.6 Å². The summed E-state index contributed by atoms with van der Waals surface area (Å²) in [5.74, 6) is 2.04. The molecular formula is C16H27N3. The molecule has 2 rings (SSSR count). The van der Waals surface area contributed by atoms with Crippen molar-refractivity contribution in [3.63, 3.8) is 0 Å². The predicted molar refractivity (Wildman–Crippen MR) is 80.5 cm³/mol. The van der Waals surface area contributed by atoms with Crippen LogP contribution in [0.3, 0.4) is 0 Å².